The quantitative estimate of drug-likeness (QED) is 0.712. The van der Waals surface area contributed by atoms with E-state index in [1.165, 1.54) is 5.56 Å². The molecule has 3 heteroatoms. The third-order valence-electron chi connectivity index (χ3n) is 5.24. The lowest BCUT2D eigenvalue weighted by Crippen LogP contribution is -2.51. The minimum atomic E-state index is -0.0655. The molecule has 22 heavy (non-hydrogen) atoms. The molecule has 1 fully saturated rings. The van der Waals surface area contributed by atoms with E-state index in [0.29, 0.717) is 25.0 Å². The predicted octanol–water partition coefficient (Wildman–Crippen LogP) is 4.06. The summed E-state index contributed by atoms with van der Waals surface area (Å²) in [6.07, 6.45) is 1.04. The smallest absolute Gasteiger partial charge is 0.308 e. The van der Waals surface area contributed by atoms with Crippen molar-refractivity contribution < 1.29 is 14.3 Å². The van der Waals surface area contributed by atoms with Gasteiger partial charge in [-0.3, -0.25) is 4.79 Å². The summed E-state index contributed by atoms with van der Waals surface area (Å²) in [7, 11) is 0. The molecule has 1 aromatic carbocycles. The summed E-state index contributed by atoms with van der Waals surface area (Å²) in [5.41, 5.74) is 1.33. The monoisotopic (exact) mass is 304 g/mol. The molecule has 122 valence electrons. The molecule has 3 nitrogen and oxygen atoms in total. The minimum Gasteiger partial charge on any atom is -0.466 e. The largest absolute Gasteiger partial charge is 0.466 e. The number of esters is 1. The number of carbonyl (C=O) groups excluding carboxylic acids is 1. The molecule has 0 bridgehead atoms. The van der Waals surface area contributed by atoms with Crippen LogP contribution in [-0.4, -0.2) is 19.2 Å². The van der Waals surface area contributed by atoms with Gasteiger partial charge in [-0.25, -0.2) is 0 Å². The lowest BCUT2D eigenvalue weighted by molar-refractivity contribution is -0.161. The van der Waals surface area contributed by atoms with E-state index in [1.807, 2.05) is 32.0 Å². The van der Waals surface area contributed by atoms with Gasteiger partial charge in [-0.2, -0.15) is 0 Å². The average molecular weight is 304 g/mol. The van der Waals surface area contributed by atoms with Crippen LogP contribution in [0.4, 0.5) is 0 Å². The molecule has 1 aliphatic carbocycles. The zero-order chi connectivity index (χ0) is 16.2. The first-order chi connectivity index (χ1) is 10.5. The van der Waals surface area contributed by atoms with Crippen LogP contribution in [0.2, 0.25) is 0 Å². The normalized spacial score (nSPS) is 24.4. The van der Waals surface area contributed by atoms with Crippen molar-refractivity contribution in [3.63, 3.8) is 0 Å². The number of ether oxygens (including phenoxy) is 2. The molecule has 3 atom stereocenters. The van der Waals surface area contributed by atoms with E-state index in [9.17, 15) is 4.79 Å². The summed E-state index contributed by atoms with van der Waals surface area (Å²) < 4.78 is 11.0. The van der Waals surface area contributed by atoms with E-state index in [1.54, 1.807) is 0 Å². The van der Waals surface area contributed by atoms with E-state index in [2.05, 4.69) is 26.0 Å². The average Bonchev–Trinajstić information content (AvgIpc) is 2.50. The van der Waals surface area contributed by atoms with E-state index < -0.39 is 0 Å². The van der Waals surface area contributed by atoms with Gasteiger partial charge in [-0.05, 0) is 36.2 Å². The molecule has 0 N–H and O–H groups in total. The molecule has 3 unspecified atom stereocenters. The van der Waals surface area contributed by atoms with E-state index in [4.69, 9.17) is 9.47 Å². The topological polar surface area (TPSA) is 35.5 Å². The molecule has 0 amide bonds. The van der Waals surface area contributed by atoms with Crippen molar-refractivity contribution in [1.29, 1.82) is 0 Å². The molecule has 0 heterocycles. The van der Waals surface area contributed by atoms with Crippen LogP contribution in [0.25, 0.3) is 0 Å². The van der Waals surface area contributed by atoms with Crippen LogP contribution in [0.5, 0.6) is 0 Å². The van der Waals surface area contributed by atoms with Crippen LogP contribution in [-0.2, 0) is 20.9 Å². The highest BCUT2D eigenvalue weighted by Gasteiger charge is 2.51. The number of hydrogen-bond acceptors (Lipinski definition) is 3. The summed E-state index contributed by atoms with van der Waals surface area (Å²) in [6, 6.07) is 10.2. The Kier molecular flexibility index (Phi) is 5.63. The third kappa shape index (κ3) is 3.70. The van der Waals surface area contributed by atoms with Gasteiger partial charge < -0.3 is 9.47 Å². The fraction of sp³-hybridized carbons (Fsp3) is 0.632. The number of carbonyl (C=O) groups is 1. The number of rotatable bonds is 7. The highest BCUT2D eigenvalue weighted by Crippen LogP contribution is 2.54. The van der Waals surface area contributed by atoms with Crippen molar-refractivity contribution in [2.24, 2.45) is 23.2 Å². The molecule has 0 radical (unpaired) electrons. The van der Waals surface area contributed by atoms with Gasteiger partial charge in [0.2, 0.25) is 0 Å². The van der Waals surface area contributed by atoms with Crippen LogP contribution < -0.4 is 0 Å². The molecular weight excluding hydrogens is 276 g/mol. The highest BCUT2D eigenvalue weighted by atomic mass is 16.5. The van der Waals surface area contributed by atoms with Crippen LogP contribution in [0.15, 0.2) is 30.3 Å². The second kappa shape index (κ2) is 7.28. The van der Waals surface area contributed by atoms with Gasteiger partial charge >= 0.3 is 5.97 Å². The molecule has 0 spiro atoms. The van der Waals surface area contributed by atoms with Crippen molar-refractivity contribution in [2.75, 3.05) is 13.2 Å². The second-order valence-electron chi connectivity index (χ2n) is 6.90. The van der Waals surface area contributed by atoms with Crippen molar-refractivity contribution in [2.45, 2.75) is 40.7 Å². The van der Waals surface area contributed by atoms with Crippen LogP contribution in [0.1, 0.15) is 39.7 Å². The maximum atomic E-state index is 11.9. The SMILES string of the molecule is CCOC(=O)C(C)C1CC(COCc2ccccc2)C1(C)C. The fourth-order valence-electron chi connectivity index (χ4n) is 3.52. The summed E-state index contributed by atoms with van der Waals surface area (Å²) in [4.78, 5) is 11.9. The molecule has 0 aliphatic heterocycles. The first kappa shape index (κ1) is 17.0. The zero-order valence-electron chi connectivity index (χ0n) is 14.2. The Morgan fingerprint density at radius 2 is 2.00 bits per heavy atom. The van der Waals surface area contributed by atoms with Gasteiger partial charge in [-0.1, -0.05) is 51.1 Å². The Balaban J connectivity index is 1.79. The lowest BCUT2D eigenvalue weighted by atomic mass is 9.51. The fourth-order valence-corrected chi connectivity index (χ4v) is 3.52. The van der Waals surface area contributed by atoms with E-state index in [0.717, 1.165) is 13.0 Å². The molecule has 0 saturated heterocycles. The third-order valence-corrected chi connectivity index (χ3v) is 5.24. The Morgan fingerprint density at radius 1 is 1.32 bits per heavy atom. The standard InChI is InChI=1S/C19H28O3/c1-5-22-18(20)14(2)17-11-16(19(17,3)4)13-21-12-15-9-7-6-8-10-15/h6-10,14,16-17H,5,11-13H2,1-4H3. The Bertz CT molecular complexity index is 481. The van der Waals surface area contributed by atoms with Crippen LogP contribution in [0.3, 0.4) is 0 Å². The molecule has 1 aromatic rings. The van der Waals surface area contributed by atoms with Gasteiger partial charge in [0, 0.05) is 0 Å². The Hall–Kier alpha value is -1.35. The predicted molar refractivity (Wildman–Crippen MR) is 87.3 cm³/mol. The number of benzene rings is 1. The molecule has 0 aromatic heterocycles. The summed E-state index contributed by atoms with van der Waals surface area (Å²) in [6.45, 7) is 10.2. The summed E-state index contributed by atoms with van der Waals surface area (Å²) >= 11 is 0. The van der Waals surface area contributed by atoms with Gasteiger partial charge in [0.1, 0.15) is 0 Å². The van der Waals surface area contributed by atoms with Crippen molar-refractivity contribution in [3.8, 4) is 0 Å². The molecule has 1 saturated carbocycles. The van der Waals surface area contributed by atoms with Gasteiger partial charge in [-0.15, -0.1) is 0 Å². The molecule has 2 rings (SSSR count). The van der Waals surface area contributed by atoms with Crippen molar-refractivity contribution >= 4 is 5.97 Å². The maximum absolute atomic E-state index is 11.9. The Morgan fingerprint density at radius 3 is 2.59 bits per heavy atom. The van der Waals surface area contributed by atoms with E-state index >= 15 is 0 Å². The van der Waals surface area contributed by atoms with Crippen LogP contribution >= 0.6 is 0 Å². The zero-order valence-corrected chi connectivity index (χ0v) is 14.2. The van der Waals surface area contributed by atoms with Crippen molar-refractivity contribution in [1.82, 2.24) is 0 Å². The summed E-state index contributed by atoms with van der Waals surface area (Å²) in [5, 5.41) is 0. The van der Waals surface area contributed by atoms with Crippen LogP contribution in [0, 0.1) is 23.2 Å². The first-order valence-electron chi connectivity index (χ1n) is 8.25. The van der Waals surface area contributed by atoms with E-state index in [-0.39, 0.29) is 17.3 Å². The first-order valence-corrected chi connectivity index (χ1v) is 8.25. The molecular formula is C19H28O3. The highest BCUT2D eigenvalue weighted by molar-refractivity contribution is 5.72. The minimum absolute atomic E-state index is 0.0275. The van der Waals surface area contributed by atoms with Gasteiger partial charge in [0.15, 0.2) is 0 Å². The summed E-state index contributed by atoms with van der Waals surface area (Å²) in [5.74, 6) is 0.805. The van der Waals surface area contributed by atoms with Crippen molar-refractivity contribution in [3.05, 3.63) is 35.9 Å². The number of hydrogen-bond donors (Lipinski definition) is 0. The maximum Gasteiger partial charge on any atom is 0.308 e. The van der Waals surface area contributed by atoms with Gasteiger partial charge in [0.05, 0.1) is 25.7 Å². The second-order valence-corrected chi connectivity index (χ2v) is 6.90. The van der Waals surface area contributed by atoms with Gasteiger partial charge in [0.25, 0.3) is 0 Å². The Labute approximate surface area is 134 Å². The molecule has 1 aliphatic rings. The lowest BCUT2D eigenvalue weighted by Gasteiger charge is -2.54.